The third kappa shape index (κ3) is 2.84. The van der Waals surface area contributed by atoms with E-state index in [9.17, 15) is 37.0 Å². The number of pyridine rings is 2. The summed E-state index contributed by atoms with van der Waals surface area (Å²) in [5.41, 5.74) is -4.53. The summed E-state index contributed by atoms with van der Waals surface area (Å²) >= 11 is 0. The van der Waals surface area contributed by atoms with Crippen molar-refractivity contribution in [2.24, 2.45) is 0 Å². The number of halogens is 5. The Morgan fingerprint density at radius 2 is 1.85 bits per heavy atom. The number of alkyl halides is 3. The molecule has 0 bridgehead atoms. The number of aliphatic hydroxyl groups is 3. The first-order chi connectivity index (χ1) is 12.1. The highest BCUT2D eigenvalue weighted by Gasteiger charge is 2.44. The highest BCUT2D eigenvalue weighted by Crippen LogP contribution is 2.35. The molecule has 0 spiro atoms. The van der Waals surface area contributed by atoms with E-state index in [1.165, 1.54) is 0 Å². The molecule has 0 radical (unpaired) electrons. The molecule has 0 amide bonds. The predicted octanol–water partition coefficient (Wildman–Crippen LogP) is 0.374. The first kappa shape index (κ1) is 18.6. The number of hydrogen-bond acceptors (Lipinski definition) is 6. The van der Waals surface area contributed by atoms with Gasteiger partial charge >= 0.3 is 6.18 Å². The van der Waals surface area contributed by atoms with Gasteiger partial charge in [-0.15, -0.1) is 0 Å². The summed E-state index contributed by atoms with van der Waals surface area (Å²) in [5, 5.41) is 27.9. The zero-order chi connectivity index (χ0) is 19.4. The number of fused-ring (bicyclic) bond motifs is 1. The molecule has 1 saturated heterocycles. The van der Waals surface area contributed by atoms with Gasteiger partial charge in [-0.1, -0.05) is 0 Å². The van der Waals surface area contributed by atoms with Gasteiger partial charge in [-0.25, -0.2) is 13.8 Å². The Bertz CT molecular complexity index is 915. The summed E-state index contributed by atoms with van der Waals surface area (Å²) in [5.74, 6) is -4.14. The molecule has 7 nitrogen and oxygen atoms in total. The molecule has 12 heteroatoms. The van der Waals surface area contributed by atoms with Crippen LogP contribution in [-0.2, 0) is 10.9 Å². The van der Waals surface area contributed by atoms with Crippen LogP contribution >= 0.6 is 0 Å². The number of H-pyrrole nitrogens is 1. The molecule has 26 heavy (non-hydrogen) atoms. The zero-order valence-corrected chi connectivity index (χ0v) is 12.6. The molecule has 3 rings (SSSR count). The van der Waals surface area contributed by atoms with E-state index in [-0.39, 0.29) is 0 Å². The molecule has 1 fully saturated rings. The Morgan fingerprint density at radius 3 is 2.38 bits per heavy atom. The van der Waals surface area contributed by atoms with Crippen LogP contribution in [0.4, 0.5) is 22.0 Å². The van der Waals surface area contributed by atoms with Crippen molar-refractivity contribution < 1.29 is 42.0 Å². The lowest BCUT2D eigenvalue weighted by Gasteiger charge is -2.15. The standard InChI is InChI=1S/C14H11F5N2O5/c15-6-3-1-4(10-9(24)8(23)5(2-22)26-10)13(25)21-12(3)20-11(7(6)16)14(17,18)19/h1,5,8-10,22-24H,2H2,(H,20,21,25). The fourth-order valence-corrected chi connectivity index (χ4v) is 2.73. The molecule has 0 aliphatic carbocycles. The van der Waals surface area contributed by atoms with Gasteiger partial charge in [-0.2, -0.15) is 13.2 Å². The lowest BCUT2D eigenvalue weighted by Crippen LogP contribution is -2.33. The van der Waals surface area contributed by atoms with Crippen LogP contribution in [0.25, 0.3) is 11.0 Å². The van der Waals surface area contributed by atoms with Crippen molar-refractivity contribution in [1.82, 2.24) is 9.97 Å². The third-order valence-electron chi connectivity index (χ3n) is 4.03. The summed E-state index contributed by atoms with van der Waals surface area (Å²) in [6.45, 7) is -0.695. The number of ether oxygens (including phenoxy) is 1. The summed E-state index contributed by atoms with van der Waals surface area (Å²) in [4.78, 5) is 16.9. The van der Waals surface area contributed by atoms with Gasteiger partial charge in [0.15, 0.2) is 17.3 Å². The molecule has 0 aromatic carbocycles. The Hall–Kier alpha value is -2.15. The molecule has 1 aliphatic heterocycles. The highest BCUT2D eigenvalue weighted by atomic mass is 19.4. The third-order valence-corrected chi connectivity index (χ3v) is 4.03. The summed E-state index contributed by atoms with van der Waals surface area (Å²) in [6, 6.07) is 0.681. The van der Waals surface area contributed by atoms with Gasteiger partial charge in [0.1, 0.15) is 30.1 Å². The Labute approximate surface area is 140 Å². The highest BCUT2D eigenvalue weighted by molar-refractivity contribution is 5.76. The molecule has 4 atom stereocenters. The Balaban J connectivity index is 2.18. The number of aromatic nitrogens is 2. The van der Waals surface area contributed by atoms with E-state index < -0.39 is 76.7 Å². The lowest BCUT2D eigenvalue weighted by molar-refractivity contribution is -0.143. The van der Waals surface area contributed by atoms with Crippen molar-refractivity contribution in [2.45, 2.75) is 30.6 Å². The maximum atomic E-state index is 14.1. The van der Waals surface area contributed by atoms with Gasteiger partial charge in [0.2, 0.25) is 0 Å². The Morgan fingerprint density at radius 1 is 1.19 bits per heavy atom. The second-order valence-electron chi connectivity index (χ2n) is 5.66. The van der Waals surface area contributed by atoms with Crippen LogP contribution in [0.2, 0.25) is 0 Å². The maximum absolute atomic E-state index is 14.1. The predicted molar refractivity (Wildman–Crippen MR) is 74.0 cm³/mol. The smallest absolute Gasteiger partial charge is 0.394 e. The molecule has 3 heterocycles. The van der Waals surface area contributed by atoms with Crippen molar-refractivity contribution in [3.05, 3.63) is 39.3 Å². The second kappa shape index (κ2) is 6.23. The number of hydrogen-bond donors (Lipinski definition) is 4. The molecule has 1 aliphatic rings. The molecule has 2 aromatic heterocycles. The summed E-state index contributed by atoms with van der Waals surface area (Å²) < 4.78 is 71.0. The minimum atomic E-state index is -5.28. The fraction of sp³-hybridized carbons (Fsp3) is 0.429. The first-order valence-corrected chi connectivity index (χ1v) is 7.17. The number of aromatic amines is 1. The number of rotatable bonds is 2. The van der Waals surface area contributed by atoms with Crippen LogP contribution < -0.4 is 5.56 Å². The Kier molecular flexibility index (Phi) is 4.46. The topological polar surface area (TPSA) is 116 Å². The van der Waals surface area contributed by atoms with Gasteiger partial charge in [-0.3, -0.25) is 4.79 Å². The number of nitrogens with zero attached hydrogens (tertiary/aromatic N) is 1. The monoisotopic (exact) mass is 382 g/mol. The number of aliphatic hydroxyl groups excluding tert-OH is 3. The van der Waals surface area contributed by atoms with Crippen LogP contribution in [0.15, 0.2) is 10.9 Å². The average Bonchev–Trinajstić information content (AvgIpc) is 2.84. The van der Waals surface area contributed by atoms with Crippen LogP contribution in [-0.4, -0.2) is 50.2 Å². The largest absolute Gasteiger partial charge is 0.436 e. The normalized spacial score (nSPS) is 26.6. The SMILES string of the molecule is O=c1[nH]c2nc(C(F)(F)F)c(F)c(F)c2cc1C1OC(CO)C(O)C1O. The molecule has 142 valence electrons. The van der Waals surface area contributed by atoms with Crippen molar-refractivity contribution in [2.75, 3.05) is 6.61 Å². The van der Waals surface area contributed by atoms with Crippen LogP contribution in [0.5, 0.6) is 0 Å². The minimum Gasteiger partial charge on any atom is -0.394 e. The van der Waals surface area contributed by atoms with Crippen molar-refractivity contribution in [3.63, 3.8) is 0 Å². The van der Waals surface area contributed by atoms with Crippen molar-refractivity contribution >= 4 is 11.0 Å². The van der Waals surface area contributed by atoms with Gasteiger partial charge < -0.3 is 25.0 Å². The fourth-order valence-electron chi connectivity index (χ4n) is 2.73. The van der Waals surface area contributed by atoms with Gasteiger partial charge in [-0.05, 0) is 6.07 Å². The molecule has 4 unspecified atom stereocenters. The van der Waals surface area contributed by atoms with E-state index in [0.29, 0.717) is 6.07 Å². The molecule has 2 aromatic rings. The van der Waals surface area contributed by atoms with E-state index in [4.69, 9.17) is 9.84 Å². The number of nitrogens with one attached hydrogen (secondary N) is 1. The second-order valence-corrected chi connectivity index (χ2v) is 5.66. The summed E-state index contributed by atoms with van der Waals surface area (Å²) in [6.07, 6.45) is -11.3. The van der Waals surface area contributed by atoms with Gasteiger partial charge in [0.05, 0.1) is 12.0 Å². The molecular formula is C14H11F5N2O5. The van der Waals surface area contributed by atoms with Crippen molar-refractivity contribution in [1.29, 1.82) is 0 Å². The first-order valence-electron chi connectivity index (χ1n) is 7.17. The molecule has 4 N–H and O–H groups in total. The minimum absolute atomic E-state index is 0.472. The molecular weight excluding hydrogens is 371 g/mol. The van der Waals surface area contributed by atoms with E-state index >= 15 is 0 Å². The zero-order valence-electron chi connectivity index (χ0n) is 12.6. The maximum Gasteiger partial charge on any atom is 0.436 e. The average molecular weight is 382 g/mol. The van der Waals surface area contributed by atoms with Crippen molar-refractivity contribution in [3.8, 4) is 0 Å². The summed E-state index contributed by atoms with van der Waals surface area (Å²) in [7, 11) is 0. The lowest BCUT2D eigenvalue weighted by atomic mass is 10.0. The van der Waals surface area contributed by atoms with Crippen LogP contribution in [0.3, 0.4) is 0 Å². The van der Waals surface area contributed by atoms with Crippen LogP contribution in [0.1, 0.15) is 17.4 Å². The van der Waals surface area contributed by atoms with E-state index in [1.54, 1.807) is 0 Å². The quantitative estimate of drug-likeness (QED) is 0.558. The van der Waals surface area contributed by atoms with Gasteiger partial charge in [0, 0.05) is 5.56 Å². The van der Waals surface area contributed by atoms with E-state index in [2.05, 4.69) is 4.98 Å². The van der Waals surface area contributed by atoms with E-state index in [1.807, 2.05) is 4.98 Å². The van der Waals surface area contributed by atoms with E-state index in [0.717, 1.165) is 0 Å². The van der Waals surface area contributed by atoms with Gasteiger partial charge in [0.25, 0.3) is 5.56 Å². The molecule has 0 saturated carbocycles. The van der Waals surface area contributed by atoms with Crippen LogP contribution in [0, 0.1) is 11.6 Å².